The summed E-state index contributed by atoms with van der Waals surface area (Å²) >= 11 is -2.72. The van der Waals surface area contributed by atoms with Gasteiger partial charge in [-0.2, -0.15) is 0 Å². The van der Waals surface area contributed by atoms with Crippen LogP contribution in [0.3, 0.4) is 0 Å². The summed E-state index contributed by atoms with van der Waals surface area (Å²) in [5.74, 6) is 0. The minimum atomic E-state index is -0.840. The Labute approximate surface area is 373 Å². The summed E-state index contributed by atoms with van der Waals surface area (Å²) < 4.78 is 1.68. The van der Waals surface area contributed by atoms with Crippen LogP contribution in [0.4, 0.5) is 0 Å². The van der Waals surface area contributed by atoms with Crippen LogP contribution in [0.15, 0.2) is 0 Å². The van der Waals surface area contributed by atoms with E-state index >= 15 is 0 Å². The van der Waals surface area contributed by atoms with Crippen molar-refractivity contribution in [2.24, 2.45) is 0 Å². The van der Waals surface area contributed by atoms with E-state index in [1.807, 2.05) is 0 Å². The third kappa shape index (κ3) is 29.3. The molecule has 0 aromatic carbocycles. The van der Waals surface area contributed by atoms with E-state index in [1.165, 1.54) is 0 Å². The first-order chi connectivity index (χ1) is 18.5. The molecule has 40 heteroatoms. The molecule has 0 rings (SSSR count). The average Bonchev–Trinajstić information content (AvgIpc) is 2.84. The Bertz CT molecular complexity index is 537. The summed E-state index contributed by atoms with van der Waals surface area (Å²) in [5, 5.41) is 0. The first-order valence-corrected chi connectivity index (χ1v) is 122. The number of halogens is 8. The number of hydrogen-bond donors (Lipinski definition) is 0. The molecular weight excluding hydrogens is 2030 g/mol. The number of hydrogen-bond acceptors (Lipinski definition) is 0. The third-order valence-corrected chi connectivity index (χ3v) is 608. The van der Waals surface area contributed by atoms with E-state index in [9.17, 15) is 0 Å². The minimum absolute atomic E-state index is 0. The Morgan fingerprint density at radius 2 is 0.643 bits per heavy atom. The third-order valence-electron chi connectivity index (χ3n) is 2.66. The molecule has 0 bridgehead atoms. The van der Waals surface area contributed by atoms with Crippen molar-refractivity contribution >= 4 is 369 Å². The molecule has 0 heterocycles. The molecule has 0 aromatic rings. The Hall–Kier alpha value is 19.6. The number of rotatable bonds is 19. The predicted molar refractivity (Wildman–Crippen MR) is 406 cm³/mol. The summed E-state index contributed by atoms with van der Waals surface area (Å²) in [6, 6.07) is 0. The van der Waals surface area contributed by atoms with Gasteiger partial charge in [0.15, 0.2) is 0 Å². The van der Waals surface area contributed by atoms with Crippen LogP contribution in [0.1, 0.15) is 14.9 Å². The Morgan fingerprint density at radius 1 is 0.405 bits per heavy atom. The molecule has 27 atom stereocenters. The maximum atomic E-state index is 3.38. The molecule has 274 valence electrons. The largest absolute Gasteiger partial charge is 0.109 e. The minimum Gasteiger partial charge on any atom is -0.109 e. The second-order valence-electron chi connectivity index (χ2n) is 4.94. The van der Waals surface area contributed by atoms with Gasteiger partial charge < -0.3 is 0 Å². The van der Waals surface area contributed by atoms with Gasteiger partial charge in [0.1, 0.15) is 0 Å². The van der Waals surface area contributed by atoms with Crippen molar-refractivity contribution < 1.29 is 0 Å². The van der Waals surface area contributed by atoms with Gasteiger partial charge in [-0.25, -0.2) is 0 Å². The van der Waals surface area contributed by atoms with Crippen LogP contribution in [0, 0.1) is 0 Å². The fourth-order valence-electron chi connectivity index (χ4n) is 1.53. The van der Waals surface area contributed by atoms with Crippen molar-refractivity contribution in [3.63, 3.8) is 0 Å². The fourth-order valence-corrected chi connectivity index (χ4v) is 1320. The normalized spacial score (nSPS) is 19.1. The van der Waals surface area contributed by atoms with Crippen LogP contribution >= 0.6 is 369 Å². The second kappa shape index (κ2) is 43.2. The summed E-state index contributed by atoms with van der Waals surface area (Å²) in [4.78, 5) is 0. The van der Waals surface area contributed by atoms with Gasteiger partial charge in [-0.15, -0.1) is 53.6 Å². The summed E-state index contributed by atoms with van der Waals surface area (Å²) in [6.45, 7) is 41.9. The van der Waals surface area contributed by atoms with Crippen molar-refractivity contribution in [2.45, 2.75) is 14.9 Å². The standard InChI is InChI=1S/2CH4.H24I8P16.H18P16/c;;1-21(24(6(17)18)7(19)20)8(22(2(9)10)3(11)12)23(4(13)14)5(15)16;1-7-13(8-2)15(11-5)16(12-6)14(9-3)10-4/h2*1H4;9-20H2;7-12H,1-6H2. The van der Waals surface area contributed by atoms with Crippen molar-refractivity contribution in [1.29, 1.82) is 0 Å². The quantitative estimate of drug-likeness (QED) is 0.0893. The van der Waals surface area contributed by atoms with Crippen molar-refractivity contribution in [3.8, 4) is 0 Å². The molecule has 0 saturated carbocycles. The molecule has 42 heavy (non-hydrogen) atoms. The molecule has 0 amide bonds. The topological polar surface area (TPSA) is 0 Å². The molecule has 0 saturated heterocycles. The second-order valence-corrected chi connectivity index (χ2v) is 271. The van der Waals surface area contributed by atoms with Crippen LogP contribution in [-0.2, 0) is 0 Å². The van der Waals surface area contributed by atoms with Gasteiger partial charge in [0.25, 0.3) is 0 Å². The van der Waals surface area contributed by atoms with Crippen LogP contribution in [-0.4, -0.2) is 0 Å². The molecule has 0 radical (unpaired) electrons. The van der Waals surface area contributed by atoms with Gasteiger partial charge in [0.2, 0.25) is 0 Å². The Morgan fingerprint density at radius 3 is 0.786 bits per heavy atom. The molecule has 0 N–H and O–H groups in total. The van der Waals surface area contributed by atoms with E-state index < -0.39 is 127 Å². The monoisotopic (exact) mass is 2080 g/mol. The van der Waals surface area contributed by atoms with E-state index in [2.05, 4.69) is 158 Å². The summed E-state index contributed by atoms with van der Waals surface area (Å²) in [7, 11) is 25.2. The Balaban J connectivity index is -0.000000352. The van der Waals surface area contributed by atoms with Crippen LogP contribution < -0.4 is 0 Å². The van der Waals surface area contributed by atoms with Gasteiger partial charge in [0, 0.05) is 0 Å². The maximum Gasteiger partial charge on any atom is -0.0116 e. The van der Waals surface area contributed by atoms with E-state index in [0.717, 1.165) is 47.7 Å². The molecular formula is C2H50I8P32. The van der Waals surface area contributed by atoms with Gasteiger partial charge in [-0.05, 0) is 27.9 Å². The average molecular weight is 2080 g/mol. The van der Waals surface area contributed by atoms with Gasteiger partial charge >= 0.3 is 239 Å². The summed E-state index contributed by atoms with van der Waals surface area (Å²) in [6.07, 6.45) is 0. The first kappa shape index (κ1) is 68.2. The molecule has 0 aliphatic heterocycles. The zero-order valence-corrected chi connectivity index (χ0v) is 71.2. The van der Waals surface area contributed by atoms with E-state index in [-0.39, 0.29) is 14.9 Å². The van der Waals surface area contributed by atoms with Gasteiger partial charge in [0.05, 0.1) is 0 Å². The van der Waals surface area contributed by atoms with E-state index in [1.54, 1.807) is 0 Å². The predicted octanol–water partition coefficient (Wildman–Crippen LogP) is 24.7. The molecule has 0 aliphatic carbocycles. The van der Waals surface area contributed by atoms with Gasteiger partial charge in [-0.3, -0.25) is 0 Å². The molecule has 0 nitrogen and oxygen atoms in total. The SMILES string of the molecule is C.C.PI(P)P(P(I)I(P(I(P)P)I(P)P)P(I(P)P)I(P)P)I(P)P.PPP(PP)P(PP)P(PP)P(PP)PP. The fraction of sp³-hybridized carbons (Fsp3) is 1.00. The first-order valence-electron chi connectivity index (χ1n) is 8.18. The molecule has 27 unspecified atom stereocenters. The molecule has 0 aromatic heterocycles. The zero-order valence-electron chi connectivity index (χ0n) is 20.0. The van der Waals surface area contributed by atoms with Crippen LogP contribution in [0.5, 0.6) is 0 Å². The van der Waals surface area contributed by atoms with Crippen molar-refractivity contribution in [3.05, 3.63) is 0 Å². The molecule has 0 spiro atoms. The van der Waals surface area contributed by atoms with Crippen LogP contribution in [0.2, 0.25) is 0 Å². The Kier molecular flexibility index (Phi) is 70.1. The van der Waals surface area contributed by atoms with E-state index in [0.29, 0.717) is 35.4 Å². The van der Waals surface area contributed by atoms with Gasteiger partial charge in [-0.1, -0.05) is 62.6 Å². The van der Waals surface area contributed by atoms with Crippen molar-refractivity contribution in [2.75, 3.05) is 0 Å². The van der Waals surface area contributed by atoms with Crippen molar-refractivity contribution in [1.82, 2.24) is 0 Å². The summed E-state index contributed by atoms with van der Waals surface area (Å²) in [5.41, 5.74) is 0. The maximum absolute atomic E-state index is 3.38. The molecule has 0 aliphatic rings. The van der Waals surface area contributed by atoms with Crippen LogP contribution in [0.25, 0.3) is 0 Å². The zero-order chi connectivity index (χ0) is 31.9. The molecule has 0 fully saturated rings. The van der Waals surface area contributed by atoms with E-state index in [4.69, 9.17) is 0 Å². The smallest absolute Gasteiger partial charge is 0.0116 e.